The second-order valence-electron chi connectivity index (χ2n) is 5.16. The molecule has 0 aromatic heterocycles. The van der Waals surface area contributed by atoms with Crippen LogP contribution in [0.25, 0.3) is 0 Å². The number of hydrogen-bond acceptors (Lipinski definition) is 1. The van der Waals surface area contributed by atoms with Crippen LogP contribution in [-0.4, -0.2) is 0 Å². The molecule has 20 heavy (non-hydrogen) atoms. The van der Waals surface area contributed by atoms with Gasteiger partial charge in [0.1, 0.15) is 0 Å². The highest BCUT2D eigenvalue weighted by molar-refractivity contribution is 6.31. The molecule has 2 heteroatoms. The van der Waals surface area contributed by atoms with Gasteiger partial charge in [0.05, 0.1) is 6.04 Å². The Morgan fingerprint density at radius 2 is 1.80 bits per heavy atom. The van der Waals surface area contributed by atoms with Crippen molar-refractivity contribution >= 4 is 17.3 Å². The third kappa shape index (κ3) is 3.77. The Bertz CT molecular complexity index is 536. The zero-order valence-corrected chi connectivity index (χ0v) is 13.0. The molecular formula is C18H22ClN. The average molecular weight is 288 g/mol. The zero-order chi connectivity index (χ0) is 14.4. The second-order valence-corrected chi connectivity index (χ2v) is 5.57. The van der Waals surface area contributed by atoms with Crippen molar-refractivity contribution in [3.05, 3.63) is 64.7 Å². The molecule has 0 spiro atoms. The number of anilines is 1. The zero-order valence-electron chi connectivity index (χ0n) is 12.2. The monoisotopic (exact) mass is 287 g/mol. The molecule has 0 fully saturated rings. The molecule has 2 aromatic rings. The summed E-state index contributed by atoms with van der Waals surface area (Å²) in [5.41, 5.74) is 3.58. The molecule has 1 N–H and O–H groups in total. The van der Waals surface area contributed by atoms with E-state index in [1.165, 1.54) is 18.4 Å². The van der Waals surface area contributed by atoms with Crippen LogP contribution in [0.1, 0.15) is 43.4 Å². The van der Waals surface area contributed by atoms with Crippen molar-refractivity contribution in [1.82, 2.24) is 0 Å². The molecule has 2 rings (SSSR count). The maximum Gasteiger partial charge on any atom is 0.0513 e. The van der Waals surface area contributed by atoms with Gasteiger partial charge in [-0.15, -0.1) is 0 Å². The van der Waals surface area contributed by atoms with E-state index in [1.54, 1.807) is 0 Å². The summed E-state index contributed by atoms with van der Waals surface area (Å²) in [7, 11) is 0. The maximum atomic E-state index is 6.21. The largest absolute Gasteiger partial charge is 0.378 e. The molecule has 0 aliphatic rings. The molecule has 1 unspecified atom stereocenters. The number of unbranched alkanes of at least 4 members (excludes halogenated alkanes) is 1. The first-order valence-electron chi connectivity index (χ1n) is 7.29. The Morgan fingerprint density at radius 1 is 1.05 bits per heavy atom. The SMILES string of the molecule is CCCCC(Nc1cccc(Cl)c1C)c1ccccc1. The minimum atomic E-state index is 0.341. The van der Waals surface area contributed by atoms with E-state index in [-0.39, 0.29) is 0 Å². The van der Waals surface area contributed by atoms with Crippen molar-refractivity contribution in [1.29, 1.82) is 0 Å². The van der Waals surface area contributed by atoms with E-state index in [4.69, 9.17) is 11.6 Å². The van der Waals surface area contributed by atoms with Gasteiger partial charge in [-0.2, -0.15) is 0 Å². The molecule has 0 radical (unpaired) electrons. The van der Waals surface area contributed by atoms with Gasteiger partial charge in [-0.3, -0.25) is 0 Å². The van der Waals surface area contributed by atoms with E-state index in [0.717, 1.165) is 22.7 Å². The highest BCUT2D eigenvalue weighted by Gasteiger charge is 2.12. The lowest BCUT2D eigenvalue weighted by Crippen LogP contribution is -2.11. The van der Waals surface area contributed by atoms with Crippen LogP contribution >= 0.6 is 11.6 Å². The van der Waals surface area contributed by atoms with Crippen LogP contribution in [0.5, 0.6) is 0 Å². The maximum absolute atomic E-state index is 6.21. The van der Waals surface area contributed by atoms with Crippen LogP contribution in [-0.2, 0) is 0 Å². The highest BCUT2D eigenvalue weighted by atomic mass is 35.5. The number of benzene rings is 2. The van der Waals surface area contributed by atoms with Crippen molar-refractivity contribution in [3.63, 3.8) is 0 Å². The Morgan fingerprint density at radius 3 is 2.50 bits per heavy atom. The third-order valence-electron chi connectivity index (χ3n) is 3.65. The fourth-order valence-electron chi connectivity index (χ4n) is 2.37. The smallest absolute Gasteiger partial charge is 0.0513 e. The molecule has 2 aromatic carbocycles. The number of rotatable bonds is 6. The molecule has 0 saturated carbocycles. The van der Waals surface area contributed by atoms with Gasteiger partial charge in [-0.25, -0.2) is 0 Å². The van der Waals surface area contributed by atoms with Crippen molar-refractivity contribution < 1.29 is 0 Å². The summed E-state index contributed by atoms with van der Waals surface area (Å²) in [5, 5.41) is 4.47. The molecule has 106 valence electrons. The number of hydrogen-bond donors (Lipinski definition) is 1. The number of halogens is 1. The lowest BCUT2D eigenvalue weighted by atomic mass is 10.0. The van der Waals surface area contributed by atoms with Crippen LogP contribution in [0.3, 0.4) is 0 Å². The molecule has 0 amide bonds. The van der Waals surface area contributed by atoms with E-state index < -0.39 is 0 Å². The fraction of sp³-hybridized carbons (Fsp3) is 0.333. The predicted molar refractivity (Wildman–Crippen MR) is 88.5 cm³/mol. The minimum Gasteiger partial charge on any atom is -0.378 e. The van der Waals surface area contributed by atoms with Gasteiger partial charge < -0.3 is 5.32 Å². The first kappa shape index (κ1) is 14.9. The Kier molecular flexibility index (Phi) is 5.49. The lowest BCUT2D eigenvalue weighted by molar-refractivity contribution is 0.634. The highest BCUT2D eigenvalue weighted by Crippen LogP contribution is 2.29. The Hall–Kier alpha value is -1.47. The molecule has 0 aliphatic heterocycles. The van der Waals surface area contributed by atoms with E-state index in [1.807, 2.05) is 12.1 Å². The van der Waals surface area contributed by atoms with Crippen molar-refractivity contribution in [2.75, 3.05) is 5.32 Å². The third-order valence-corrected chi connectivity index (χ3v) is 4.06. The van der Waals surface area contributed by atoms with Gasteiger partial charge in [0.25, 0.3) is 0 Å². The van der Waals surface area contributed by atoms with E-state index in [0.29, 0.717) is 6.04 Å². The molecule has 1 atom stereocenters. The summed E-state index contributed by atoms with van der Waals surface area (Å²) in [6.45, 7) is 4.29. The minimum absolute atomic E-state index is 0.341. The predicted octanol–water partition coefficient (Wildman–Crippen LogP) is 5.99. The summed E-state index contributed by atoms with van der Waals surface area (Å²) < 4.78 is 0. The second kappa shape index (κ2) is 7.35. The molecular weight excluding hydrogens is 266 g/mol. The summed E-state index contributed by atoms with van der Waals surface area (Å²) >= 11 is 6.21. The van der Waals surface area contributed by atoms with Crippen LogP contribution < -0.4 is 5.32 Å². The average Bonchev–Trinajstić information content (AvgIpc) is 2.48. The van der Waals surface area contributed by atoms with E-state index >= 15 is 0 Å². The van der Waals surface area contributed by atoms with Gasteiger partial charge in [0.15, 0.2) is 0 Å². The summed E-state index contributed by atoms with van der Waals surface area (Å²) in [6, 6.07) is 17.0. The van der Waals surface area contributed by atoms with Gasteiger partial charge in [0.2, 0.25) is 0 Å². The Labute approximate surface area is 127 Å². The summed E-state index contributed by atoms with van der Waals surface area (Å²) in [4.78, 5) is 0. The van der Waals surface area contributed by atoms with Crippen LogP contribution in [0, 0.1) is 6.92 Å². The first-order chi connectivity index (χ1) is 9.72. The first-order valence-corrected chi connectivity index (χ1v) is 7.66. The van der Waals surface area contributed by atoms with Crippen LogP contribution in [0.15, 0.2) is 48.5 Å². The fourth-order valence-corrected chi connectivity index (χ4v) is 2.54. The standard InChI is InChI=1S/C18H22ClN/c1-3-4-12-18(15-9-6-5-7-10-15)20-17-13-8-11-16(19)14(17)2/h5-11,13,18,20H,3-4,12H2,1-2H3. The quantitative estimate of drug-likeness (QED) is 0.688. The van der Waals surface area contributed by atoms with Gasteiger partial charge in [-0.1, -0.05) is 67.8 Å². The molecule has 1 nitrogen and oxygen atoms in total. The van der Waals surface area contributed by atoms with Gasteiger partial charge >= 0.3 is 0 Å². The van der Waals surface area contributed by atoms with Gasteiger partial charge in [0, 0.05) is 10.7 Å². The van der Waals surface area contributed by atoms with Crippen LogP contribution in [0.4, 0.5) is 5.69 Å². The van der Waals surface area contributed by atoms with E-state index in [2.05, 4.69) is 55.6 Å². The van der Waals surface area contributed by atoms with Crippen molar-refractivity contribution in [2.45, 2.75) is 39.2 Å². The lowest BCUT2D eigenvalue weighted by Gasteiger charge is -2.22. The summed E-state index contributed by atoms with van der Waals surface area (Å²) in [6.07, 6.45) is 3.55. The normalized spacial score (nSPS) is 12.2. The number of nitrogens with one attached hydrogen (secondary N) is 1. The van der Waals surface area contributed by atoms with Crippen LogP contribution in [0.2, 0.25) is 5.02 Å². The van der Waals surface area contributed by atoms with Crippen molar-refractivity contribution in [3.8, 4) is 0 Å². The van der Waals surface area contributed by atoms with Gasteiger partial charge in [-0.05, 0) is 36.6 Å². The summed E-state index contributed by atoms with van der Waals surface area (Å²) in [5.74, 6) is 0. The Balaban J connectivity index is 2.21. The van der Waals surface area contributed by atoms with Crippen molar-refractivity contribution in [2.24, 2.45) is 0 Å². The molecule has 0 aliphatic carbocycles. The van der Waals surface area contributed by atoms with E-state index in [9.17, 15) is 0 Å². The molecule has 0 heterocycles. The topological polar surface area (TPSA) is 12.0 Å². The molecule has 0 bridgehead atoms. The molecule has 0 saturated heterocycles.